The molecule has 3 rings (SSSR count). The van der Waals surface area contributed by atoms with Gasteiger partial charge in [0.15, 0.2) is 5.76 Å². The number of fused-ring (bicyclic) bond motifs is 1. The van der Waals surface area contributed by atoms with Gasteiger partial charge >= 0.3 is 0 Å². The Bertz CT molecular complexity index is 670. The molecule has 1 aromatic carbocycles. The molecule has 0 fully saturated rings. The smallest absolute Gasteiger partial charge is 0.289 e. The fourth-order valence-electron chi connectivity index (χ4n) is 2.41. The zero-order valence-electron chi connectivity index (χ0n) is 10.8. The number of nitrogens with zero attached hydrogens (tertiary/aromatic N) is 1. The Morgan fingerprint density at radius 2 is 2.21 bits per heavy atom. The number of nitrogens with two attached hydrogens (primary N) is 1. The van der Waals surface area contributed by atoms with Crippen LogP contribution >= 0.6 is 0 Å². The number of amides is 1. The molecule has 0 unspecified atom stereocenters. The van der Waals surface area contributed by atoms with Crippen LogP contribution in [0.1, 0.15) is 23.9 Å². The summed E-state index contributed by atoms with van der Waals surface area (Å²) in [6.45, 7) is 3.46. The van der Waals surface area contributed by atoms with Crippen LogP contribution in [0.3, 0.4) is 0 Å². The summed E-state index contributed by atoms with van der Waals surface area (Å²) in [4.78, 5) is 14.2. The van der Waals surface area contributed by atoms with E-state index >= 15 is 0 Å². The predicted molar refractivity (Wildman–Crippen MR) is 74.9 cm³/mol. The van der Waals surface area contributed by atoms with Gasteiger partial charge in [-0.2, -0.15) is 0 Å². The molecule has 4 nitrogen and oxygen atoms in total. The Morgan fingerprint density at radius 3 is 3.00 bits per heavy atom. The maximum Gasteiger partial charge on any atom is 0.289 e. The van der Waals surface area contributed by atoms with Crippen molar-refractivity contribution in [1.82, 2.24) is 4.90 Å². The number of nitrogen functional groups attached to an aromatic ring is 1. The minimum atomic E-state index is -0.0535. The molecule has 1 aliphatic heterocycles. The summed E-state index contributed by atoms with van der Waals surface area (Å²) in [7, 11) is 0. The van der Waals surface area contributed by atoms with Crippen molar-refractivity contribution in [2.24, 2.45) is 0 Å². The number of carbonyl (C=O) groups excluding carboxylic acids is 1. The Labute approximate surface area is 111 Å². The number of carbonyl (C=O) groups is 1. The van der Waals surface area contributed by atoms with Crippen LogP contribution in [-0.2, 0) is 0 Å². The molecule has 1 aliphatic rings. The van der Waals surface area contributed by atoms with Gasteiger partial charge in [0, 0.05) is 24.2 Å². The number of hydrogen-bond donors (Lipinski definition) is 1. The van der Waals surface area contributed by atoms with Gasteiger partial charge in [0.2, 0.25) is 0 Å². The van der Waals surface area contributed by atoms with Crippen LogP contribution < -0.4 is 5.73 Å². The summed E-state index contributed by atoms with van der Waals surface area (Å²) in [5.74, 6) is 0.331. The van der Waals surface area contributed by atoms with Gasteiger partial charge in [-0.05, 0) is 37.6 Å². The molecule has 2 N–H and O–H groups in total. The number of furan rings is 1. The van der Waals surface area contributed by atoms with Gasteiger partial charge in [0.05, 0.1) is 0 Å². The van der Waals surface area contributed by atoms with E-state index in [9.17, 15) is 4.79 Å². The average Bonchev–Trinajstić information content (AvgIpc) is 2.80. The Hall–Kier alpha value is -2.23. The van der Waals surface area contributed by atoms with E-state index in [1.54, 1.807) is 18.2 Å². The lowest BCUT2D eigenvalue weighted by atomic mass is 10.1. The van der Waals surface area contributed by atoms with Crippen molar-refractivity contribution in [3.05, 3.63) is 41.7 Å². The van der Waals surface area contributed by atoms with Crippen LogP contribution in [0.25, 0.3) is 11.0 Å². The number of rotatable bonds is 1. The molecule has 0 bridgehead atoms. The third-order valence-electron chi connectivity index (χ3n) is 3.37. The zero-order valence-corrected chi connectivity index (χ0v) is 10.8. The molecule has 0 radical (unpaired) electrons. The first-order valence-electron chi connectivity index (χ1n) is 6.37. The lowest BCUT2D eigenvalue weighted by molar-refractivity contribution is 0.0736. The highest BCUT2D eigenvalue weighted by atomic mass is 16.3. The van der Waals surface area contributed by atoms with Gasteiger partial charge in [-0.3, -0.25) is 4.79 Å². The SMILES string of the molecule is CC1=CCCN(C(=O)c2cc3cc(N)ccc3o2)C1. The van der Waals surface area contributed by atoms with E-state index in [4.69, 9.17) is 10.2 Å². The normalized spacial score (nSPS) is 15.6. The zero-order chi connectivity index (χ0) is 13.4. The predicted octanol–water partition coefficient (Wildman–Crippen LogP) is 2.81. The summed E-state index contributed by atoms with van der Waals surface area (Å²) in [6, 6.07) is 7.15. The van der Waals surface area contributed by atoms with Gasteiger partial charge in [-0.15, -0.1) is 0 Å². The van der Waals surface area contributed by atoms with Gasteiger partial charge in [0.25, 0.3) is 5.91 Å². The molecule has 0 spiro atoms. The molecule has 2 heterocycles. The van der Waals surface area contributed by atoms with Crippen molar-refractivity contribution in [2.75, 3.05) is 18.8 Å². The van der Waals surface area contributed by atoms with E-state index < -0.39 is 0 Å². The first-order chi connectivity index (χ1) is 9.13. The molecule has 2 aromatic rings. The summed E-state index contributed by atoms with van der Waals surface area (Å²) >= 11 is 0. The molecular weight excluding hydrogens is 240 g/mol. The van der Waals surface area contributed by atoms with E-state index in [-0.39, 0.29) is 5.91 Å². The largest absolute Gasteiger partial charge is 0.451 e. The van der Waals surface area contributed by atoms with Crippen LogP contribution in [-0.4, -0.2) is 23.9 Å². The van der Waals surface area contributed by atoms with E-state index in [1.807, 2.05) is 17.9 Å². The topological polar surface area (TPSA) is 59.5 Å². The molecule has 1 amide bonds. The molecular formula is C15H16N2O2. The van der Waals surface area contributed by atoms with Crippen molar-refractivity contribution >= 4 is 22.6 Å². The molecule has 0 atom stereocenters. The highest BCUT2D eigenvalue weighted by molar-refractivity contribution is 5.96. The Morgan fingerprint density at radius 1 is 1.37 bits per heavy atom. The van der Waals surface area contributed by atoms with Crippen LogP contribution in [0.4, 0.5) is 5.69 Å². The fourth-order valence-corrected chi connectivity index (χ4v) is 2.41. The second-order valence-electron chi connectivity index (χ2n) is 4.97. The quantitative estimate of drug-likeness (QED) is 0.630. The minimum absolute atomic E-state index is 0.0535. The molecule has 0 saturated carbocycles. The lowest BCUT2D eigenvalue weighted by Crippen LogP contribution is -2.35. The Kier molecular flexibility index (Phi) is 2.78. The van der Waals surface area contributed by atoms with Crippen molar-refractivity contribution in [2.45, 2.75) is 13.3 Å². The van der Waals surface area contributed by atoms with E-state index in [0.717, 1.165) is 18.4 Å². The summed E-state index contributed by atoms with van der Waals surface area (Å²) < 4.78 is 5.61. The summed E-state index contributed by atoms with van der Waals surface area (Å²) in [6.07, 6.45) is 3.08. The Balaban J connectivity index is 1.91. The molecule has 4 heteroatoms. The highest BCUT2D eigenvalue weighted by Gasteiger charge is 2.21. The maximum absolute atomic E-state index is 12.4. The lowest BCUT2D eigenvalue weighted by Gasteiger charge is -2.25. The maximum atomic E-state index is 12.4. The average molecular weight is 256 g/mol. The van der Waals surface area contributed by atoms with Gasteiger partial charge < -0.3 is 15.1 Å². The second kappa shape index (κ2) is 4.46. The number of benzene rings is 1. The third kappa shape index (κ3) is 2.21. The molecule has 1 aromatic heterocycles. The monoisotopic (exact) mass is 256 g/mol. The van der Waals surface area contributed by atoms with Gasteiger partial charge in [-0.1, -0.05) is 11.6 Å². The number of anilines is 1. The summed E-state index contributed by atoms with van der Waals surface area (Å²) in [5, 5.41) is 0.868. The third-order valence-corrected chi connectivity index (χ3v) is 3.37. The highest BCUT2D eigenvalue weighted by Crippen LogP contribution is 2.23. The standard InChI is InChI=1S/C15H16N2O2/c1-10-3-2-6-17(9-10)15(18)14-8-11-7-12(16)4-5-13(11)19-14/h3-5,7-8H,2,6,9,16H2,1H3. The van der Waals surface area contributed by atoms with Crippen LogP contribution in [0, 0.1) is 0 Å². The van der Waals surface area contributed by atoms with Crippen LogP contribution in [0.5, 0.6) is 0 Å². The molecule has 98 valence electrons. The molecule has 0 aliphatic carbocycles. The van der Waals surface area contributed by atoms with Crippen molar-refractivity contribution < 1.29 is 9.21 Å². The van der Waals surface area contributed by atoms with E-state index in [2.05, 4.69) is 6.08 Å². The van der Waals surface area contributed by atoms with Crippen molar-refractivity contribution in [3.8, 4) is 0 Å². The number of hydrogen-bond acceptors (Lipinski definition) is 3. The van der Waals surface area contributed by atoms with Gasteiger partial charge in [-0.25, -0.2) is 0 Å². The summed E-state index contributed by atoms with van der Waals surface area (Å²) in [5.41, 5.74) is 8.31. The van der Waals surface area contributed by atoms with E-state index in [0.29, 0.717) is 23.6 Å². The minimum Gasteiger partial charge on any atom is -0.451 e. The van der Waals surface area contributed by atoms with Crippen LogP contribution in [0.15, 0.2) is 40.3 Å². The van der Waals surface area contributed by atoms with Gasteiger partial charge in [0.1, 0.15) is 5.58 Å². The van der Waals surface area contributed by atoms with Crippen LogP contribution in [0.2, 0.25) is 0 Å². The fraction of sp³-hybridized carbons (Fsp3) is 0.267. The first-order valence-corrected chi connectivity index (χ1v) is 6.37. The van der Waals surface area contributed by atoms with E-state index in [1.165, 1.54) is 5.57 Å². The van der Waals surface area contributed by atoms with Crippen molar-refractivity contribution in [1.29, 1.82) is 0 Å². The second-order valence-corrected chi connectivity index (χ2v) is 4.97. The molecule has 19 heavy (non-hydrogen) atoms. The first kappa shape index (κ1) is 11.8. The molecule has 0 saturated heterocycles. The van der Waals surface area contributed by atoms with Crippen molar-refractivity contribution in [3.63, 3.8) is 0 Å².